The predicted octanol–water partition coefficient (Wildman–Crippen LogP) is 3.33. The third-order valence-electron chi connectivity index (χ3n) is 4.33. The highest BCUT2D eigenvalue weighted by molar-refractivity contribution is 6.04. The number of hydrogen-bond acceptors (Lipinski definition) is 7. The van der Waals surface area contributed by atoms with E-state index in [1.165, 1.54) is 55.8 Å². The van der Waals surface area contributed by atoms with Gasteiger partial charge in [-0.2, -0.15) is 5.10 Å². The van der Waals surface area contributed by atoms with Crippen molar-refractivity contribution < 1.29 is 24.4 Å². The molecule has 0 radical (unpaired) electrons. The van der Waals surface area contributed by atoms with Crippen molar-refractivity contribution in [3.63, 3.8) is 0 Å². The van der Waals surface area contributed by atoms with Crippen molar-refractivity contribution in [2.45, 2.75) is 0 Å². The molecule has 0 saturated carbocycles. The summed E-state index contributed by atoms with van der Waals surface area (Å²) >= 11 is 0. The van der Waals surface area contributed by atoms with Crippen LogP contribution in [0.2, 0.25) is 0 Å². The molecule has 0 unspecified atom stereocenters. The van der Waals surface area contributed by atoms with Gasteiger partial charge < -0.3 is 15.2 Å². The Kier molecular flexibility index (Phi) is 6.76. The first-order valence-electron chi connectivity index (χ1n) is 9.23. The van der Waals surface area contributed by atoms with Gasteiger partial charge in [0.25, 0.3) is 17.5 Å². The van der Waals surface area contributed by atoms with E-state index >= 15 is 0 Å². The number of carbonyl (C=O) groups is 2. The van der Waals surface area contributed by atoms with Gasteiger partial charge in [-0.05, 0) is 60.2 Å². The fourth-order valence-electron chi connectivity index (χ4n) is 2.66. The molecule has 2 amide bonds. The normalized spacial score (nSPS) is 10.5. The topological polar surface area (TPSA) is 143 Å². The maximum Gasteiger partial charge on any atom is 0.271 e. The molecule has 0 spiro atoms. The number of methoxy groups -OCH3 is 1. The van der Waals surface area contributed by atoms with Crippen molar-refractivity contribution in [2.75, 3.05) is 12.4 Å². The van der Waals surface area contributed by atoms with Crippen LogP contribution in [0, 0.1) is 10.1 Å². The molecule has 162 valence electrons. The van der Waals surface area contributed by atoms with Gasteiger partial charge in [0.05, 0.1) is 18.2 Å². The van der Waals surface area contributed by atoms with Gasteiger partial charge in [0.1, 0.15) is 0 Å². The highest BCUT2D eigenvalue weighted by atomic mass is 16.6. The van der Waals surface area contributed by atoms with Crippen LogP contribution in [-0.2, 0) is 0 Å². The number of ether oxygens (including phenoxy) is 1. The van der Waals surface area contributed by atoms with E-state index in [4.69, 9.17) is 4.74 Å². The van der Waals surface area contributed by atoms with Gasteiger partial charge in [-0.1, -0.05) is 0 Å². The van der Waals surface area contributed by atoms with Crippen molar-refractivity contribution in [3.8, 4) is 11.5 Å². The van der Waals surface area contributed by atoms with E-state index in [9.17, 15) is 24.8 Å². The molecule has 32 heavy (non-hydrogen) atoms. The monoisotopic (exact) mass is 434 g/mol. The number of hydrogen-bond donors (Lipinski definition) is 3. The zero-order valence-electron chi connectivity index (χ0n) is 16.8. The quantitative estimate of drug-likeness (QED) is 0.296. The minimum atomic E-state index is -0.545. The van der Waals surface area contributed by atoms with Crippen LogP contribution in [0.4, 0.5) is 11.4 Å². The highest BCUT2D eigenvalue weighted by Gasteiger charge is 2.10. The van der Waals surface area contributed by atoms with Crippen molar-refractivity contribution in [1.82, 2.24) is 5.43 Å². The average Bonchev–Trinajstić information content (AvgIpc) is 2.79. The average molecular weight is 434 g/mol. The van der Waals surface area contributed by atoms with Crippen LogP contribution in [0.1, 0.15) is 26.3 Å². The molecule has 0 aliphatic heterocycles. The number of carbonyl (C=O) groups excluding carboxylic acids is 2. The van der Waals surface area contributed by atoms with Crippen molar-refractivity contribution >= 4 is 29.4 Å². The second kappa shape index (κ2) is 9.85. The summed E-state index contributed by atoms with van der Waals surface area (Å²) in [4.78, 5) is 34.6. The summed E-state index contributed by atoms with van der Waals surface area (Å²) in [5.74, 6) is -0.627. The van der Waals surface area contributed by atoms with E-state index in [-0.39, 0.29) is 17.0 Å². The van der Waals surface area contributed by atoms with Gasteiger partial charge in [0.2, 0.25) is 0 Å². The summed E-state index contributed by atoms with van der Waals surface area (Å²) in [5, 5.41) is 26.9. The summed E-state index contributed by atoms with van der Waals surface area (Å²) in [5.41, 5.74) is 3.85. The number of anilines is 1. The Morgan fingerprint density at radius 2 is 1.62 bits per heavy atom. The van der Waals surface area contributed by atoms with Gasteiger partial charge in [0.15, 0.2) is 11.5 Å². The van der Waals surface area contributed by atoms with E-state index in [0.29, 0.717) is 22.6 Å². The highest BCUT2D eigenvalue weighted by Crippen LogP contribution is 2.25. The first-order valence-corrected chi connectivity index (χ1v) is 9.23. The smallest absolute Gasteiger partial charge is 0.271 e. The van der Waals surface area contributed by atoms with Crippen LogP contribution in [0.15, 0.2) is 71.8 Å². The maximum absolute atomic E-state index is 12.2. The summed E-state index contributed by atoms with van der Waals surface area (Å²) in [6.45, 7) is 0. The Balaban J connectivity index is 1.57. The number of aromatic hydroxyl groups is 1. The van der Waals surface area contributed by atoms with Gasteiger partial charge in [-0.25, -0.2) is 5.43 Å². The molecule has 3 aromatic rings. The number of phenolic OH excluding ortho intramolecular Hbond substituents is 1. The van der Waals surface area contributed by atoms with E-state index in [0.717, 1.165) is 0 Å². The third kappa shape index (κ3) is 5.45. The minimum absolute atomic E-state index is 0.0471. The SMILES string of the molecule is COc1ccc(/C=N\NC(=O)c2ccc(NC(=O)c3ccc([N+](=O)[O-])cc3)cc2)cc1O. The number of rotatable bonds is 7. The van der Waals surface area contributed by atoms with Gasteiger partial charge in [-0.15, -0.1) is 0 Å². The molecular formula is C22H18N4O6. The van der Waals surface area contributed by atoms with E-state index < -0.39 is 16.7 Å². The maximum atomic E-state index is 12.2. The fourth-order valence-corrected chi connectivity index (χ4v) is 2.66. The first kappa shape index (κ1) is 22.0. The van der Waals surface area contributed by atoms with Crippen molar-refractivity contribution in [2.24, 2.45) is 5.10 Å². The summed E-state index contributed by atoms with van der Waals surface area (Å²) in [7, 11) is 1.44. The molecule has 10 nitrogen and oxygen atoms in total. The molecule has 0 atom stereocenters. The molecular weight excluding hydrogens is 416 g/mol. The van der Waals surface area contributed by atoms with Gasteiger partial charge in [0, 0.05) is 28.9 Å². The summed E-state index contributed by atoms with van der Waals surface area (Å²) in [6, 6.07) is 16.0. The van der Waals surface area contributed by atoms with E-state index in [1.54, 1.807) is 24.3 Å². The van der Waals surface area contributed by atoms with Gasteiger partial charge >= 0.3 is 0 Å². The van der Waals surface area contributed by atoms with Crippen LogP contribution in [0.25, 0.3) is 0 Å². The number of non-ortho nitro benzene ring substituents is 1. The number of amides is 2. The molecule has 3 aromatic carbocycles. The van der Waals surface area contributed by atoms with Gasteiger partial charge in [-0.3, -0.25) is 19.7 Å². The summed E-state index contributed by atoms with van der Waals surface area (Å²) < 4.78 is 4.96. The van der Waals surface area contributed by atoms with Crippen LogP contribution in [0.5, 0.6) is 11.5 Å². The zero-order valence-corrected chi connectivity index (χ0v) is 16.8. The van der Waals surface area contributed by atoms with Crippen LogP contribution in [0.3, 0.4) is 0 Å². The second-order valence-corrected chi connectivity index (χ2v) is 6.47. The number of nitrogens with one attached hydrogen (secondary N) is 2. The Labute approximate surface area is 182 Å². The Morgan fingerprint density at radius 1 is 1.00 bits per heavy atom. The zero-order chi connectivity index (χ0) is 23.1. The molecule has 0 aliphatic rings. The predicted molar refractivity (Wildman–Crippen MR) is 117 cm³/mol. The molecule has 0 bridgehead atoms. The second-order valence-electron chi connectivity index (χ2n) is 6.47. The number of phenols is 1. The lowest BCUT2D eigenvalue weighted by Crippen LogP contribution is -2.17. The summed E-state index contributed by atoms with van der Waals surface area (Å²) in [6.07, 6.45) is 1.37. The van der Waals surface area contributed by atoms with Crippen LogP contribution >= 0.6 is 0 Å². The molecule has 3 rings (SSSR count). The number of hydrazone groups is 1. The third-order valence-corrected chi connectivity index (χ3v) is 4.33. The lowest BCUT2D eigenvalue weighted by Gasteiger charge is -2.06. The molecule has 3 N–H and O–H groups in total. The number of nitrogens with zero attached hydrogens (tertiary/aromatic N) is 2. The Bertz CT molecular complexity index is 1170. The number of nitro groups is 1. The lowest BCUT2D eigenvalue weighted by molar-refractivity contribution is -0.384. The molecule has 0 aromatic heterocycles. The molecule has 0 heterocycles. The number of benzene rings is 3. The lowest BCUT2D eigenvalue weighted by atomic mass is 10.1. The van der Waals surface area contributed by atoms with Crippen LogP contribution < -0.4 is 15.5 Å². The molecule has 0 fully saturated rings. The van der Waals surface area contributed by atoms with Crippen molar-refractivity contribution in [3.05, 3.63) is 93.5 Å². The Hall–Kier alpha value is -4.73. The van der Waals surface area contributed by atoms with Crippen LogP contribution in [-0.4, -0.2) is 35.2 Å². The largest absolute Gasteiger partial charge is 0.504 e. The standard InChI is InChI=1S/C22H18N4O6/c1-32-20-11-2-14(12-19(20)27)13-23-25-22(29)16-3-7-17(8-4-16)24-21(28)15-5-9-18(10-6-15)26(30)31/h2-13,27H,1H3,(H,24,28)(H,25,29)/b23-13-. The fraction of sp³-hybridized carbons (Fsp3) is 0.0455. The minimum Gasteiger partial charge on any atom is -0.504 e. The first-order chi connectivity index (χ1) is 15.4. The molecule has 0 saturated heterocycles. The van der Waals surface area contributed by atoms with E-state index in [1.807, 2.05) is 0 Å². The Morgan fingerprint density at radius 3 is 2.22 bits per heavy atom. The van der Waals surface area contributed by atoms with Crippen molar-refractivity contribution in [1.29, 1.82) is 0 Å². The number of nitro benzene ring substituents is 1. The van der Waals surface area contributed by atoms with E-state index in [2.05, 4.69) is 15.8 Å². The molecule has 0 aliphatic carbocycles. The molecule has 10 heteroatoms.